The topological polar surface area (TPSA) is 52.0 Å². The highest BCUT2D eigenvalue weighted by atomic mass is 32.2. The number of rotatable bonds is 2. The molecule has 94 valence electrons. The first-order valence-corrected chi connectivity index (χ1v) is 6.72. The van der Waals surface area contributed by atoms with E-state index in [1.54, 1.807) is 18.9 Å². The van der Waals surface area contributed by atoms with Gasteiger partial charge in [-0.1, -0.05) is 23.9 Å². The van der Waals surface area contributed by atoms with Gasteiger partial charge in [0.05, 0.1) is 13.2 Å². The van der Waals surface area contributed by atoms with Gasteiger partial charge in [-0.2, -0.15) is 0 Å². The third-order valence-corrected chi connectivity index (χ3v) is 4.00. The van der Waals surface area contributed by atoms with E-state index in [-0.39, 0.29) is 6.04 Å². The SMILES string of the molecule is COc1ccc([C@H]2CSc3nnc(C)n3N2)cc1. The van der Waals surface area contributed by atoms with E-state index in [9.17, 15) is 0 Å². The monoisotopic (exact) mass is 262 g/mol. The van der Waals surface area contributed by atoms with Crippen molar-refractivity contribution in [1.29, 1.82) is 0 Å². The lowest BCUT2D eigenvalue weighted by molar-refractivity contribution is 0.414. The van der Waals surface area contributed by atoms with Crippen molar-refractivity contribution < 1.29 is 4.74 Å². The standard InChI is InChI=1S/C12H14N4OS/c1-8-13-14-12-16(8)15-11(7-18-12)9-3-5-10(17-2)6-4-9/h3-6,11,15H,7H2,1-2H3/t11-/m1/s1. The summed E-state index contributed by atoms with van der Waals surface area (Å²) >= 11 is 1.72. The second-order valence-electron chi connectivity index (χ2n) is 4.13. The number of ether oxygens (including phenoxy) is 1. The van der Waals surface area contributed by atoms with Gasteiger partial charge >= 0.3 is 0 Å². The maximum Gasteiger partial charge on any atom is 0.210 e. The molecule has 0 unspecified atom stereocenters. The predicted octanol–water partition coefficient (Wildman–Crippen LogP) is 1.99. The van der Waals surface area contributed by atoms with Crippen molar-refractivity contribution >= 4 is 11.8 Å². The highest BCUT2D eigenvalue weighted by Crippen LogP contribution is 2.30. The van der Waals surface area contributed by atoms with Gasteiger partial charge in [-0.05, 0) is 24.6 Å². The molecule has 2 aromatic rings. The van der Waals surface area contributed by atoms with Crippen LogP contribution in [0.1, 0.15) is 17.4 Å². The van der Waals surface area contributed by atoms with Gasteiger partial charge in [-0.15, -0.1) is 10.2 Å². The van der Waals surface area contributed by atoms with Crippen molar-refractivity contribution in [3.63, 3.8) is 0 Å². The van der Waals surface area contributed by atoms with Crippen molar-refractivity contribution in [2.24, 2.45) is 0 Å². The molecule has 1 aliphatic rings. The first kappa shape index (κ1) is 11.4. The number of hydrogen-bond donors (Lipinski definition) is 1. The Hall–Kier alpha value is -1.69. The summed E-state index contributed by atoms with van der Waals surface area (Å²) in [6, 6.07) is 8.40. The Labute approximate surface area is 110 Å². The van der Waals surface area contributed by atoms with E-state index in [4.69, 9.17) is 4.74 Å². The summed E-state index contributed by atoms with van der Waals surface area (Å²) in [5, 5.41) is 9.10. The zero-order valence-electron chi connectivity index (χ0n) is 10.3. The van der Waals surface area contributed by atoms with Crippen LogP contribution in [0, 0.1) is 6.92 Å². The van der Waals surface area contributed by atoms with Gasteiger partial charge in [0.15, 0.2) is 0 Å². The Balaban J connectivity index is 1.84. The maximum atomic E-state index is 5.17. The highest BCUT2D eigenvalue weighted by Gasteiger charge is 2.22. The minimum Gasteiger partial charge on any atom is -0.497 e. The minimum atomic E-state index is 0.267. The first-order chi connectivity index (χ1) is 8.78. The largest absolute Gasteiger partial charge is 0.497 e. The second kappa shape index (κ2) is 4.53. The fourth-order valence-corrected chi connectivity index (χ4v) is 2.94. The molecule has 18 heavy (non-hydrogen) atoms. The van der Waals surface area contributed by atoms with E-state index in [0.717, 1.165) is 22.5 Å². The molecule has 1 N–H and O–H groups in total. The smallest absolute Gasteiger partial charge is 0.210 e. The van der Waals surface area contributed by atoms with Crippen molar-refractivity contribution in [2.45, 2.75) is 18.1 Å². The van der Waals surface area contributed by atoms with Crippen molar-refractivity contribution in [1.82, 2.24) is 14.9 Å². The van der Waals surface area contributed by atoms with Crippen LogP contribution in [0.5, 0.6) is 5.75 Å². The lowest BCUT2D eigenvalue weighted by Crippen LogP contribution is -2.28. The van der Waals surface area contributed by atoms with Gasteiger partial charge < -0.3 is 10.2 Å². The van der Waals surface area contributed by atoms with Crippen molar-refractivity contribution in [3.8, 4) is 5.75 Å². The molecule has 0 saturated carbocycles. The molecule has 0 radical (unpaired) electrons. The molecule has 1 aromatic carbocycles. The summed E-state index contributed by atoms with van der Waals surface area (Å²) in [6.07, 6.45) is 0. The lowest BCUT2D eigenvalue weighted by atomic mass is 10.1. The summed E-state index contributed by atoms with van der Waals surface area (Å²) < 4.78 is 7.12. The summed E-state index contributed by atoms with van der Waals surface area (Å²) in [4.78, 5) is 0. The molecule has 6 heteroatoms. The fraction of sp³-hybridized carbons (Fsp3) is 0.333. The minimum absolute atomic E-state index is 0.267. The molecule has 0 saturated heterocycles. The van der Waals surface area contributed by atoms with Gasteiger partial charge in [0.1, 0.15) is 11.6 Å². The molecule has 0 fully saturated rings. The Morgan fingerprint density at radius 3 is 2.83 bits per heavy atom. The second-order valence-corrected chi connectivity index (χ2v) is 5.12. The van der Waals surface area contributed by atoms with E-state index in [0.29, 0.717) is 0 Å². The van der Waals surface area contributed by atoms with E-state index < -0.39 is 0 Å². The molecular formula is C12H14N4OS. The number of benzene rings is 1. The average molecular weight is 262 g/mol. The van der Waals surface area contributed by atoms with Crippen LogP contribution in [0.4, 0.5) is 0 Å². The summed E-state index contributed by atoms with van der Waals surface area (Å²) in [5.41, 5.74) is 4.67. The number of aromatic nitrogens is 3. The zero-order chi connectivity index (χ0) is 12.5. The molecule has 0 bridgehead atoms. The third kappa shape index (κ3) is 1.92. The van der Waals surface area contributed by atoms with Gasteiger partial charge in [0.25, 0.3) is 0 Å². The number of nitrogens with zero attached hydrogens (tertiary/aromatic N) is 3. The Kier molecular flexibility index (Phi) is 2.87. The summed E-state index contributed by atoms with van der Waals surface area (Å²) in [7, 11) is 1.68. The van der Waals surface area contributed by atoms with Crippen molar-refractivity contribution in [3.05, 3.63) is 35.7 Å². The van der Waals surface area contributed by atoms with Gasteiger partial charge in [0, 0.05) is 5.75 Å². The molecule has 0 amide bonds. The number of fused-ring (bicyclic) bond motifs is 1. The molecule has 0 aliphatic carbocycles. The Morgan fingerprint density at radius 2 is 2.11 bits per heavy atom. The number of thioether (sulfide) groups is 1. The number of aryl methyl sites for hydroxylation is 1. The zero-order valence-corrected chi connectivity index (χ0v) is 11.1. The van der Waals surface area contributed by atoms with Gasteiger partial charge in [-0.25, -0.2) is 4.68 Å². The fourth-order valence-electron chi connectivity index (χ4n) is 1.94. The molecule has 0 spiro atoms. The normalized spacial score (nSPS) is 18.0. The van der Waals surface area contributed by atoms with Crippen LogP contribution in [0.2, 0.25) is 0 Å². The molecule has 5 nitrogen and oxygen atoms in total. The van der Waals surface area contributed by atoms with E-state index in [1.165, 1.54) is 5.56 Å². The molecule has 1 aliphatic heterocycles. The van der Waals surface area contributed by atoms with Crippen LogP contribution in [-0.4, -0.2) is 27.7 Å². The lowest BCUT2D eigenvalue weighted by Gasteiger charge is -2.26. The Bertz CT molecular complexity index is 552. The molecular weight excluding hydrogens is 248 g/mol. The van der Waals surface area contributed by atoms with Crippen LogP contribution in [0.3, 0.4) is 0 Å². The summed E-state index contributed by atoms with van der Waals surface area (Å²) in [6.45, 7) is 1.94. The van der Waals surface area contributed by atoms with Crippen LogP contribution in [-0.2, 0) is 0 Å². The highest BCUT2D eigenvalue weighted by molar-refractivity contribution is 7.99. The van der Waals surface area contributed by atoms with Crippen LogP contribution in [0.15, 0.2) is 29.4 Å². The van der Waals surface area contributed by atoms with Crippen molar-refractivity contribution in [2.75, 3.05) is 18.3 Å². The average Bonchev–Trinajstić information content (AvgIpc) is 2.80. The molecule has 3 rings (SSSR count). The number of methoxy groups -OCH3 is 1. The molecule has 2 heterocycles. The van der Waals surface area contributed by atoms with Crippen LogP contribution >= 0.6 is 11.8 Å². The van der Waals surface area contributed by atoms with Gasteiger partial charge in [0.2, 0.25) is 5.16 Å². The number of hydrogen-bond acceptors (Lipinski definition) is 5. The Morgan fingerprint density at radius 1 is 1.33 bits per heavy atom. The van der Waals surface area contributed by atoms with Gasteiger partial charge in [-0.3, -0.25) is 0 Å². The van der Waals surface area contributed by atoms with E-state index in [2.05, 4.69) is 27.8 Å². The van der Waals surface area contributed by atoms with E-state index in [1.807, 2.05) is 23.7 Å². The number of nitrogens with one attached hydrogen (secondary N) is 1. The first-order valence-electron chi connectivity index (χ1n) is 5.73. The van der Waals surface area contributed by atoms with Crippen LogP contribution < -0.4 is 10.2 Å². The molecule has 1 aromatic heterocycles. The van der Waals surface area contributed by atoms with Crippen LogP contribution in [0.25, 0.3) is 0 Å². The predicted molar refractivity (Wildman–Crippen MR) is 70.6 cm³/mol. The quantitative estimate of drug-likeness (QED) is 0.897. The molecule has 1 atom stereocenters. The maximum absolute atomic E-state index is 5.17. The third-order valence-electron chi connectivity index (χ3n) is 2.98. The summed E-state index contributed by atoms with van der Waals surface area (Å²) in [5.74, 6) is 2.71. The van der Waals surface area contributed by atoms with E-state index >= 15 is 0 Å².